The van der Waals surface area contributed by atoms with Gasteiger partial charge in [0.1, 0.15) is 5.75 Å². The minimum atomic E-state index is -0.555. The van der Waals surface area contributed by atoms with E-state index in [0.29, 0.717) is 16.7 Å². The summed E-state index contributed by atoms with van der Waals surface area (Å²) in [5.74, 6) is -0.358. The van der Waals surface area contributed by atoms with Crippen LogP contribution in [0.25, 0.3) is 0 Å². The first-order valence-electron chi connectivity index (χ1n) is 6.16. The number of halogens is 2. The molecular formula is C14H12BrFN2O3. The number of nitro benzene ring substituents is 1. The van der Waals surface area contributed by atoms with Gasteiger partial charge < -0.3 is 10.1 Å². The number of rotatable bonds is 5. The Morgan fingerprint density at radius 3 is 2.71 bits per heavy atom. The number of anilines is 1. The third kappa shape index (κ3) is 3.91. The van der Waals surface area contributed by atoms with Crippen molar-refractivity contribution in [2.45, 2.75) is 6.92 Å². The molecule has 0 saturated carbocycles. The molecule has 0 radical (unpaired) electrons. The van der Waals surface area contributed by atoms with E-state index in [9.17, 15) is 14.5 Å². The van der Waals surface area contributed by atoms with Crippen molar-refractivity contribution >= 4 is 27.3 Å². The molecule has 0 unspecified atom stereocenters. The Morgan fingerprint density at radius 1 is 1.33 bits per heavy atom. The number of nitro groups is 1. The summed E-state index contributed by atoms with van der Waals surface area (Å²) in [7, 11) is 0. The highest BCUT2D eigenvalue weighted by Gasteiger charge is 2.12. The fraction of sp³-hybridized carbons (Fsp3) is 0.143. The molecule has 1 N–H and O–H groups in total. The Bertz CT molecular complexity index is 679. The first kappa shape index (κ1) is 15.2. The van der Waals surface area contributed by atoms with Crippen molar-refractivity contribution in [2.75, 3.05) is 11.9 Å². The number of hydrogen-bond acceptors (Lipinski definition) is 4. The molecule has 0 atom stereocenters. The van der Waals surface area contributed by atoms with Crippen molar-refractivity contribution in [3.63, 3.8) is 0 Å². The van der Waals surface area contributed by atoms with E-state index in [-0.39, 0.29) is 17.2 Å². The lowest BCUT2D eigenvalue weighted by molar-refractivity contribution is -0.384. The van der Waals surface area contributed by atoms with Crippen LogP contribution >= 0.6 is 15.9 Å². The molecule has 0 aliphatic heterocycles. The predicted octanol–water partition coefficient (Wildman–Crippen LogP) is 4.72. The topological polar surface area (TPSA) is 64.4 Å². The number of hydrogen-bond donors (Lipinski definition) is 1. The molecule has 0 aliphatic carbocycles. The van der Waals surface area contributed by atoms with Crippen molar-refractivity contribution < 1.29 is 14.1 Å². The maximum Gasteiger partial charge on any atom is 0.275 e. The van der Waals surface area contributed by atoms with Crippen molar-refractivity contribution in [3.05, 3.63) is 56.8 Å². The Labute approximate surface area is 129 Å². The van der Waals surface area contributed by atoms with Gasteiger partial charge in [-0.25, -0.2) is 4.39 Å². The van der Waals surface area contributed by atoms with E-state index in [1.54, 1.807) is 12.1 Å². The van der Waals surface area contributed by atoms with Gasteiger partial charge in [0.15, 0.2) is 11.6 Å². The second kappa shape index (κ2) is 6.53. The molecule has 2 aromatic rings. The number of ether oxygens (including phenoxy) is 1. The maximum atomic E-state index is 13.7. The van der Waals surface area contributed by atoms with Crippen LogP contribution in [0.5, 0.6) is 11.5 Å². The highest BCUT2D eigenvalue weighted by atomic mass is 79.9. The molecule has 0 aromatic heterocycles. The highest BCUT2D eigenvalue weighted by molar-refractivity contribution is 9.10. The first-order valence-corrected chi connectivity index (χ1v) is 6.95. The zero-order valence-corrected chi connectivity index (χ0v) is 12.7. The molecular weight excluding hydrogens is 343 g/mol. The molecule has 2 rings (SSSR count). The smallest absolute Gasteiger partial charge is 0.275 e. The van der Waals surface area contributed by atoms with Crippen molar-refractivity contribution in [1.29, 1.82) is 0 Å². The van der Waals surface area contributed by atoms with Crippen LogP contribution in [0.2, 0.25) is 0 Å². The molecule has 7 heteroatoms. The molecule has 0 spiro atoms. The van der Waals surface area contributed by atoms with Crippen molar-refractivity contribution in [1.82, 2.24) is 0 Å². The lowest BCUT2D eigenvalue weighted by Crippen LogP contribution is -1.99. The Balaban J connectivity index is 2.36. The Kier molecular flexibility index (Phi) is 4.74. The van der Waals surface area contributed by atoms with Crippen LogP contribution in [0.1, 0.15) is 6.92 Å². The predicted molar refractivity (Wildman–Crippen MR) is 81.4 cm³/mol. The summed E-state index contributed by atoms with van der Waals surface area (Å²) in [6.07, 6.45) is 0. The van der Waals surface area contributed by atoms with Crippen LogP contribution in [0.15, 0.2) is 40.9 Å². The van der Waals surface area contributed by atoms with E-state index in [1.165, 1.54) is 24.3 Å². The molecule has 0 heterocycles. The van der Waals surface area contributed by atoms with Crippen molar-refractivity contribution in [3.8, 4) is 11.5 Å². The van der Waals surface area contributed by atoms with Gasteiger partial charge in [-0.3, -0.25) is 10.1 Å². The van der Waals surface area contributed by atoms with Crippen molar-refractivity contribution in [2.24, 2.45) is 0 Å². The minimum absolute atomic E-state index is 0.00106. The average molecular weight is 355 g/mol. The van der Waals surface area contributed by atoms with Crippen LogP contribution in [0.4, 0.5) is 15.8 Å². The lowest BCUT2D eigenvalue weighted by Gasteiger charge is -2.09. The van der Waals surface area contributed by atoms with E-state index in [0.717, 1.165) is 0 Å². The molecule has 0 amide bonds. The van der Waals surface area contributed by atoms with E-state index < -0.39 is 10.7 Å². The van der Waals surface area contributed by atoms with Crippen LogP contribution < -0.4 is 10.1 Å². The highest BCUT2D eigenvalue weighted by Crippen LogP contribution is 2.31. The molecule has 21 heavy (non-hydrogen) atoms. The van der Waals surface area contributed by atoms with Gasteiger partial charge in [0.05, 0.1) is 11.0 Å². The SMILES string of the molecule is CCNc1cc(Oc2ccc(Br)cc2F)cc([N+](=O)[O-])c1. The van der Waals surface area contributed by atoms with Gasteiger partial charge >= 0.3 is 0 Å². The molecule has 2 aromatic carbocycles. The summed E-state index contributed by atoms with van der Waals surface area (Å²) in [6, 6.07) is 8.57. The fourth-order valence-corrected chi connectivity index (χ4v) is 2.07. The van der Waals surface area contributed by atoms with Crippen LogP contribution in [-0.2, 0) is 0 Å². The van der Waals surface area contributed by atoms with Crippen LogP contribution in [0.3, 0.4) is 0 Å². The van der Waals surface area contributed by atoms with Crippen LogP contribution in [0, 0.1) is 15.9 Å². The molecule has 0 saturated heterocycles. The van der Waals surface area contributed by atoms with Gasteiger partial charge in [-0.15, -0.1) is 0 Å². The first-order chi connectivity index (χ1) is 9.99. The summed E-state index contributed by atoms with van der Waals surface area (Å²) >= 11 is 3.15. The standard InChI is InChI=1S/C14H12BrFN2O3/c1-2-17-10-6-11(18(19)20)8-12(7-10)21-14-4-3-9(15)5-13(14)16/h3-8,17H,2H2,1H3. The molecule has 110 valence electrons. The van der Waals surface area contributed by atoms with Gasteiger partial charge in [-0.05, 0) is 25.1 Å². The quantitative estimate of drug-likeness (QED) is 0.623. The zero-order valence-electron chi connectivity index (χ0n) is 11.1. The largest absolute Gasteiger partial charge is 0.454 e. The number of nitrogens with zero attached hydrogens (tertiary/aromatic N) is 1. The third-order valence-electron chi connectivity index (χ3n) is 2.60. The number of benzene rings is 2. The second-order valence-electron chi connectivity index (χ2n) is 4.18. The second-order valence-corrected chi connectivity index (χ2v) is 5.10. The summed E-state index contributed by atoms with van der Waals surface area (Å²) in [6.45, 7) is 2.47. The number of nitrogens with one attached hydrogen (secondary N) is 1. The summed E-state index contributed by atoms with van der Waals surface area (Å²) in [5, 5.41) is 13.9. The van der Waals surface area contributed by atoms with Gasteiger partial charge in [0, 0.05) is 28.8 Å². The molecule has 0 aliphatic rings. The summed E-state index contributed by atoms with van der Waals surface area (Å²) in [4.78, 5) is 10.4. The molecule has 0 bridgehead atoms. The Morgan fingerprint density at radius 2 is 2.10 bits per heavy atom. The summed E-state index contributed by atoms with van der Waals surface area (Å²) in [5.41, 5.74) is 0.417. The van der Waals surface area contributed by atoms with Gasteiger partial charge in [0.2, 0.25) is 0 Å². The fourth-order valence-electron chi connectivity index (χ4n) is 1.74. The summed E-state index contributed by atoms with van der Waals surface area (Å²) < 4.78 is 19.7. The Hall–Kier alpha value is -2.15. The average Bonchev–Trinajstić information content (AvgIpc) is 2.42. The van der Waals surface area contributed by atoms with Gasteiger partial charge in [-0.1, -0.05) is 15.9 Å². The monoisotopic (exact) mass is 354 g/mol. The van der Waals surface area contributed by atoms with Gasteiger partial charge in [0.25, 0.3) is 5.69 Å². The van der Waals surface area contributed by atoms with E-state index in [1.807, 2.05) is 6.92 Å². The zero-order chi connectivity index (χ0) is 15.4. The maximum absolute atomic E-state index is 13.7. The molecule has 5 nitrogen and oxygen atoms in total. The molecule has 0 fully saturated rings. The minimum Gasteiger partial charge on any atom is -0.454 e. The third-order valence-corrected chi connectivity index (χ3v) is 3.10. The van der Waals surface area contributed by atoms with E-state index in [4.69, 9.17) is 4.74 Å². The van der Waals surface area contributed by atoms with Gasteiger partial charge in [-0.2, -0.15) is 0 Å². The lowest BCUT2D eigenvalue weighted by atomic mass is 10.2. The normalized spacial score (nSPS) is 10.2. The van der Waals surface area contributed by atoms with Crippen LogP contribution in [-0.4, -0.2) is 11.5 Å². The number of non-ortho nitro benzene ring substituents is 1. The van der Waals surface area contributed by atoms with E-state index in [2.05, 4.69) is 21.2 Å². The van der Waals surface area contributed by atoms with E-state index >= 15 is 0 Å².